The Balaban J connectivity index is 2.33. The predicted octanol–water partition coefficient (Wildman–Crippen LogP) is 4.59. The highest BCUT2D eigenvalue weighted by Gasteiger charge is 2.36. The molecule has 0 bridgehead atoms. The smallest absolute Gasteiger partial charge is 0.252 e. The molecule has 0 heterocycles. The number of benzene rings is 1. The molecule has 1 amide bonds. The lowest BCUT2D eigenvalue weighted by atomic mass is 10.2. The number of nitrogens with one attached hydrogen (secondary N) is 1. The zero-order chi connectivity index (χ0) is 16.1. The van der Waals surface area contributed by atoms with Crippen molar-refractivity contribution in [1.29, 1.82) is 0 Å². The van der Waals surface area contributed by atoms with Crippen molar-refractivity contribution in [2.24, 2.45) is 0 Å². The summed E-state index contributed by atoms with van der Waals surface area (Å²) in [4.78, 5) is 12.0. The van der Waals surface area contributed by atoms with E-state index < -0.39 is 8.32 Å². The standard InChI is InChI=1S/C16H26BrNO2Si/c1-16(2,3)21(4,5)20-12-8-11-18-15(19)13-9-6-7-10-14(13)17/h6-7,9-10H,8,11-12H2,1-5H3,(H,18,19). The summed E-state index contributed by atoms with van der Waals surface area (Å²) in [6.07, 6.45) is 0.836. The topological polar surface area (TPSA) is 38.3 Å². The van der Waals surface area contributed by atoms with Crippen LogP contribution in [0.25, 0.3) is 0 Å². The molecule has 3 nitrogen and oxygen atoms in total. The van der Waals surface area contributed by atoms with E-state index in [1.165, 1.54) is 0 Å². The van der Waals surface area contributed by atoms with Gasteiger partial charge in [0.1, 0.15) is 0 Å². The molecule has 0 aliphatic carbocycles. The third-order valence-electron chi connectivity index (χ3n) is 3.99. The molecule has 0 fully saturated rings. The maximum Gasteiger partial charge on any atom is 0.252 e. The van der Waals surface area contributed by atoms with Crippen molar-refractivity contribution in [3.05, 3.63) is 34.3 Å². The summed E-state index contributed by atoms with van der Waals surface area (Å²) in [6.45, 7) is 12.5. The molecule has 1 aromatic rings. The Hall–Kier alpha value is -0.653. The van der Waals surface area contributed by atoms with Gasteiger partial charge in [0, 0.05) is 17.6 Å². The van der Waals surface area contributed by atoms with Crippen molar-refractivity contribution in [3.8, 4) is 0 Å². The van der Waals surface area contributed by atoms with E-state index in [4.69, 9.17) is 4.43 Å². The molecule has 1 aromatic carbocycles. The maximum absolute atomic E-state index is 12.0. The molecular formula is C16H26BrNO2Si. The maximum atomic E-state index is 12.0. The van der Waals surface area contributed by atoms with Gasteiger partial charge in [-0.25, -0.2) is 0 Å². The van der Waals surface area contributed by atoms with Gasteiger partial charge >= 0.3 is 0 Å². The van der Waals surface area contributed by atoms with Crippen LogP contribution >= 0.6 is 15.9 Å². The lowest BCUT2D eigenvalue weighted by Gasteiger charge is -2.36. The highest BCUT2D eigenvalue weighted by molar-refractivity contribution is 9.10. The molecule has 0 saturated carbocycles. The fraction of sp³-hybridized carbons (Fsp3) is 0.562. The molecule has 118 valence electrons. The summed E-state index contributed by atoms with van der Waals surface area (Å²) in [7, 11) is -1.68. The van der Waals surface area contributed by atoms with E-state index in [1.54, 1.807) is 0 Å². The van der Waals surface area contributed by atoms with Gasteiger partial charge in [0.05, 0.1) is 5.56 Å². The summed E-state index contributed by atoms with van der Waals surface area (Å²) in [5.74, 6) is -0.0465. The normalized spacial score (nSPS) is 12.3. The molecule has 0 aromatic heterocycles. The van der Waals surface area contributed by atoms with Gasteiger partial charge in [0.25, 0.3) is 5.91 Å². The van der Waals surface area contributed by atoms with Crippen LogP contribution in [0.5, 0.6) is 0 Å². The third-order valence-corrected chi connectivity index (χ3v) is 9.22. The van der Waals surface area contributed by atoms with Crippen LogP contribution in [0.1, 0.15) is 37.6 Å². The highest BCUT2D eigenvalue weighted by atomic mass is 79.9. The van der Waals surface area contributed by atoms with Crippen molar-refractivity contribution in [2.45, 2.75) is 45.3 Å². The van der Waals surface area contributed by atoms with Gasteiger partial charge in [-0.05, 0) is 52.6 Å². The van der Waals surface area contributed by atoms with E-state index in [0.29, 0.717) is 18.7 Å². The van der Waals surface area contributed by atoms with Crippen molar-refractivity contribution in [1.82, 2.24) is 5.32 Å². The first-order valence-electron chi connectivity index (χ1n) is 7.32. The van der Waals surface area contributed by atoms with Crippen molar-refractivity contribution in [3.63, 3.8) is 0 Å². The van der Waals surface area contributed by atoms with Crippen molar-refractivity contribution in [2.75, 3.05) is 13.2 Å². The predicted molar refractivity (Wildman–Crippen MR) is 94.2 cm³/mol. The van der Waals surface area contributed by atoms with Crippen LogP contribution in [-0.2, 0) is 4.43 Å². The van der Waals surface area contributed by atoms with E-state index in [0.717, 1.165) is 10.9 Å². The number of carbonyl (C=O) groups is 1. The summed E-state index contributed by atoms with van der Waals surface area (Å²) in [6, 6.07) is 7.44. The van der Waals surface area contributed by atoms with E-state index in [1.807, 2.05) is 24.3 Å². The van der Waals surface area contributed by atoms with E-state index in [9.17, 15) is 4.79 Å². The second-order valence-electron chi connectivity index (χ2n) is 6.70. The molecule has 21 heavy (non-hydrogen) atoms. The van der Waals surface area contributed by atoms with Crippen LogP contribution in [0.15, 0.2) is 28.7 Å². The number of halogens is 1. The third kappa shape index (κ3) is 5.56. The Labute approximate surface area is 137 Å². The molecule has 1 N–H and O–H groups in total. The quantitative estimate of drug-likeness (QED) is 0.586. The van der Waals surface area contributed by atoms with Crippen LogP contribution in [0.2, 0.25) is 18.1 Å². The molecule has 5 heteroatoms. The zero-order valence-electron chi connectivity index (χ0n) is 13.6. The summed E-state index contributed by atoms with van der Waals surface area (Å²) >= 11 is 3.39. The summed E-state index contributed by atoms with van der Waals surface area (Å²) in [5, 5.41) is 3.16. The average molecular weight is 372 g/mol. The van der Waals surface area contributed by atoms with E-state index >= 15 is 0 Å². The number of amides is 1. The van der Waals surface area contributed by atoms with E-state index in [2.05, 4.69) is 55.1 Å². The molecule has 0 unspecified atom stereocenters. The Morgan fingerprint density at radius 3 is 2.48 bits per heavy atom. The molecule has 1 rings (SSSR count). The lowest BCUT2D eigenvalue weighted by molar-refractivity contribution is 0.0950. The molecule has 0 aliphatic heterocycles. The first-order valence-corrected chi connectivity index (χ1v) is 11.0. The van der Waals surface area contributed by atoms with Crippen LogP contribution < -0.4 is 5.32 Å². The van der Waals surface area contributed by atoms with Crippen molar-refractivity contribution < 1.29 is 9.22 Å². The Bertz CT molecular complexity index is 483. The molecule has 0 spiro atoms. The van der Waals surface area contributed by atoms with Crippen LogP contribution in [0, 0.1) is 0 Å². The fourth-order valence-corrected chi connectivity index (χ4v) is 3.11. The highest BCUT2D eigenvalue weighted by Crippen LogP contribution is 2.36. The van der Waals surface area contributed by atoms with Crippen molar-refractivity contribution >= 4 is 30.2 Å². The molecule has 0 saturated heterocycles. The van der Waals surface area contributed by atoms with Gasteiger partial charge < -0.3 is 9.74 Å². The number of carbonyl (C=O) groups excluding carboxylic acids is 1. The minimum absolute atomic E-state index is 0.0465. The Morgan fingerprint density at radius 2 is 1.90 bits per heavy atom. The second kappa shape index (κ2) is 7.56. The van der Waals surface area contributed by atoms with Gasteiger partial charge in [-0.3, -0.25) is 4.79 Å². The second-order valence-corrected chi connectivity index (χ2v) is 12.4. The monoisotopic (exact) mass is 371 g/mol. The number of hydrogen-bond donors (Lipinski definition) is 1. The largest absolute Gasteiger partial charge is 0.417 e. The molecular weight excluding hydrogens is 346 g/mol. The van der Waals surface area contributed by atoms with Gasteiger partial charge in [-0.15, -0.1) is 0 Å². The minimum Gasteiger partial charge on any atom is -0.417 e. The van der Waals surface area contributed by atoms with Gasteiger partial charge in [0.15, 0.2) is 8.32 Å². The first-order chi connectivity index (χ1) is 9.65. The Kier molecular flexibility index (Phi) is 6.62. The van der Waals surface area contributed by atoms with Crippen LogP contribution in [0.3, 0.4) is 0 Å². The van der Waals surface area contributed by atoms with Gasteiger partial charge in [-0.2, -0.15) is 0 Å². The number of rotatable bonds is 6. The SMILES string of the molecule is CC(C)(C)[Si](C)(C)OCCCNC(=O)c1ccccc1Br. The average Bonchev–Trinajstić information content (AvgIpc) is 2.37. The lowest BCUT2D eigenvalue weighted by Crippen LogP contribution is -2.41. The van der Waals surface area contributed by atoms with Gasteiger partial charge in [0.2, 0.25) is 0 Å². The first kappa shape index (κ1) is 18.4. The zero-order valence-corrected chi connectivity index (χ0v) is 16.2. The Morgan fingerprint density at radius 1 is 1.29 bits per heavy atom. The minimum atomic E-state index is -1.68. The molecule has 0 atom stereocenters. The summed E-state index contributed by atoms with van der Waals surface area (Å²) in [5.41, 5.74) is 0.669. The molecule has 0 aliphatic rings. The van der Waals surface area contributed by atoms with E-state index in [-0.39, 0.29) is 10.9 Å². The van der Waals surface area contributed by atoms with Gasteiger partial charge in [-0.1, -0.05) is 32.9 Å². The fourth-order valence-electron chi connectivity index (χ4n) is 1.56. The van der Waals surface area contributed by atoms with Crippen LogP contribution in [-0.4, -0.2) is 27.4 Å². The molecule has 0 radical (unpaired) electrons. The van der Waals surface area contributed by atoms with Crippen LogP contribution in [0.4, 0.5) is 0 Å². The number of hydrogen-bond acceptors (Lipinski definition) is 2. The summed E-state index contributed by atoms with van der Waals surface area (Å²) < 4.78 is 6.90.